The molecule has 0 bridgehead atoms. The normalized spacial score (nSPS) is 11.9. The van der Waals surface area contributed by atoms with Gasteiger partial charge < -0.3 is 23.5 Å². The van der Waals surface area contributed by atoms with Gasteiger partial charge in [0, 0.05) is 17.8 Å². The monoisotopic (exact) mass is 565 g/mol. The van der Waals surface area contributed by atoms with Crippen LogP contribution in [0.15, 0.2) is 80.9 Å². The van der Waals surface area contributed by atoms with E-state index in [9.17, 15) is 8.42 Å². The fourth-order valence-electron chi connectivity index (χ4n) is 4.67. The zero-order valence-electron chi connectivity index (χ0n) is 24.0. The van der Waals surface area contributed by atoms with Crippen LogP contribution in [0.25, 0.3) is 11.0 Å². The van der Waals surface area contributed by atoms with E-state index in [-0.39, 0.29) is 15.7 Å². The molecule has 0 amide bonds. The van der Waals surface area contributed by atoms with Gasteiger partial charge in [-0.05, 0) is 86.9 Å². The molecule has 8 heteroatoms. The summed E-state index contributed by atoms with van der Waals surface area (Å²) in [5.74, 6) is 2.56. The van der Waals surface area contributed by atoms with Crippen molar-refractivity contribution in [1.82, 2.24) is 4.90 Å². The van der Waals surface area contributed by atoms with Gasteiger partial charge in [0.1, 0.15) is 22.0 Å². The van der Waals surface area contributed by atoms with Gasteiger partial charge >= 0.3 is 0 Å². The Balaban J connectivity index is 1.26. The molecule has 0 saturated carbocycles. The third-order valence-electron chi connectivity index (χ3n) is 6.94. The molecule has 1 heterocycles. The highest BCUT2D eigenvalue weighted by atomic mass is 32.2. The Hall–Kier alpha value is -3.49. The Morgan fingerprint density at radius 1 is 0.875 bits per heavy atom. The standard InChI is InChI=1S/C32H39NO6S/c1-23(2)31-32(27-10-6-7-11-28(27)39-31)40(34,35)26-15-13-25(14-16-26)38-21-9-8-19-33(3)20-18-24-12-17-29(36-4)30(22-24)37-5/h6-7,10-17,22-23H,8-9,18-21H2,1-5H3. The van der Waals surface area contributed by atoms with E-state index in [0.29, 0.717) is 29.1 Å². The number of para-hydroxylation sites is 1. The molecule has 0 aliphatic carbocycles. The van der Waals surface area contributed by atoms with Crippen LogP contribution in [-0.4, -0.2) is 54.3 Å². The Bertz CT molecular complexity index is 1510. The smallest absolute Gasteiger partial charge is 0.210 e. The van der Waals surface area contributed by atoms with E-state index >= 15 is 0 Å². The van der Waals surface area contributed by atoms with E-state index in [2.05, 4.69) is 18.0 Å². The predicted molar refractivity (Wildman–Crippen MR) is 158 cm³/mol. The van der Waals surface area contributed by atoms with Crippen LogP contribution < -0.4 is 14.2 Å². The van der Waals surface area contributed by atoms with E-state index in [1.807, 2.05) is 38.1 Å². The van der Waals surface area contributed by atoms with Crippen LogP contribution in [-0.2, 0) is 16.3 Å². The molecule has 40 heavy (non-hydrogen) atoms. The topological polar surface area (TPSA) is 78.2 Å². The van der Waals surface area contributed by atoms with Crippen molar-refractivity contribution in [1.29, 1.82) is 0 Å². The summed E-state index contributed by atoms with van der Waals surface area (Å²) in [6, 6.07) is 20.0. The second-order valence-corrected chi connectivity index (χ2v) is 12.1. The minimum atomic E-state index is -3.75. The number of furan rings is 1. The summed E-state index contributed by atoms with van der Waals surface area (Å²) < 4.78 is 49.7. The van der Waals surface area contributed by atoms with E-state index in [1.165, 1.54) is 5.56 Å². The number of benzene rings is 3. The number of likely N-dealkylation sites (N-methyl/N-ethyl adjacent to an activating group) is 1. The number of methoxy groups -OCH3 is 2. The maximum Gasteiger partial charge on any atom is 0.210 e. The van der Waals surface area contributed by atoms with Crippen molar-refractivity contribution in [2.45, 2.75) is 48.8 Å². The molecule has 1 aromatic heterocycles. The lowest BCUT2D eigenvalue weighted by molar-refractivity contribution is 0.280. The number of unbranched alkanes of at least 4 members (excludes halogenated alkanes) is 1. The van der Waals surface area contributed by atoms with Crippen molar-refractivity contribution in [3.63, 3.8) is 0 Å². The van der Waals surface area contributed by atoms with E-state index in [0.717, 1.165) is 43.9 Å². The highest BCUT2D eigenvalue weighted by Gasteiger charge is 2.29. The van der Waals surface area contributed by atoms with E-state index < -0.39 is 9.84 Å². The van der Waals surface area contributed by atoms with Crippen molar-refractivity contribution in [2.75, 3.05) is 41.0 Å². The molecule has 0 unspecified atom stereocenters. The van der Waals surface area contributed by atoms with Gasteiger partial charge in [0.25, 0.3) is 0 Å². The maximum absolute atomic E-state index is 13.6. The zero-order valence-corrected chi connectivity index (χ0v) is 24.8. The van der Waals surface area contributed by atoms with Gasteiger partial charge in [-0.1, -0.05) is 32.0 Å². The average Bonchev–Trinajstić information content (AvgIpc) is 3.37. The number of rotatable bonds is 14. The first-order valence-electron chi connectivity index (χ1n) is 13.6. The van der Waals surface area contributed by atoms with Crippen LogP contribution in [0.3, 0.4) is 0 Å². The van der Waals surface area contributed by atoms with Crippen LogP contribution in [0.4, 0.5) is 0 Å². The van der Waals surface area contributed by atoms with E-state index in [4.69, 9.17) is 18.6 Å². The summed E-state index contributed by atoms with van der Waals surface area (Å²) >= 11 is 0. The Morgan fingerprint density at radius 3 is 2.30 bits per heavy atom. The molecule has 0 radical (unpaired) electrons. The molecule has 0 aliphatic heterocycles. The molecule has 3 aromatic carbocycles. The van der Waals surface area contributed by atoms with Crippen molar-refractivity contribution < 1.29 is 27.0 Å². The molecule has 0 aliphatic rings. The fraction of sp³-hybridized carbons (Fsp3) is 0.375. The summed E-state index contributed by atoms with van der Waals surface area (Å²) in [5.41, 5.74) is 1.79. The summed E-state index contributed by atoms with van der Waals surface area (Å²) in [6.07, 6.45) is 2.83. The molecule has 0 fully saturated rings. The molecule has 0 spiro atoms. The van der Waals surface area contributed by atoms with Crippen molar-refractivity contribution in [3.05, 3.63) is 78.1 Å². The second-order valence-electron chi connectivity index (χ2n) is 10.2. The lowest BCUT2D eigenvalue weighted by atomic mass is 10.1. The van der Waals surface area contributed by atoms with E-state index in [1.54, 1.807) is 50.6 Å². The predicted octanol–water partition coefficient (Wildman–Crippen LogP) is 6.74. The van der Waals surface area contributed by atoms with Crippen molar-refractivity contribution >= 4 is 20.8 Å². The number of sulfone groups is 1. The quantitative estimate of drug-likeness (QED) is 0.157. The summed E-state index contributed by atoms with van der Waals surface area (Å²) in [4.78, 5) is 2.79. The molecule has 0 atom stereocenters. The number of hydrogen-bond acceptors (Lipinski definition) is 7. The highest BCUT2D eigenvalue weighted by molar-refractivity contribution is 7.91. The minimum Gasteiger partial charge on any atom is -0.494 e. The molecule has 7 nitrogen and oxygen atoms in total. The molecule has 4 rings (SSSR count). The first-order valence-corrected chi connectivity index (χ1v) is 15.1. The second kappa shape index (κ2) is 13.2. The van der Waals surface area contributed by atoms with Crippen LogP contribution >= 0.6 is 0 Å². The summed E-state index contributed by atoms with van der Waals surface area (Å²) in [7, 11) is 1.66. The lowest BCUT2D eigenvalue weighted by Gasteiger charge is -2.17. The van der Waals surface area contributed by atoms with Crippen LogP contribution in [0, 0.1) is 0 Å². The van der Waals surface area contributed by atoms with Gasteiger partial charge in [0.05, 0.1) is 25.7 Å². The van der Waals surface area contributed by atoms with Crippen LogP contribution in [0.5, 0.6) is 17.2 Å². The summed E-state index contributed by atoms with van der Waals surface area (Å²) in [6.45, 7) is 6.34. The molecule has 0 N–H and O–H groups in total. The SMILES string of the molecule is COc1ccc(CCN(C)CCCCOc2ccc(S(=O)(=O)c3c(C(C)C)oc4ccccc34)cc2)cc1OC. The third-order valence-corrected chi connectivity index (χ3v) is 8.79. The molecular weight excluding hydrogens is 526 g/mol. The molecule has 4 aromatic rings. The lowest BCUT2D eigenvalue weighted by Crippen LogP contribution is -2.22. The van der Waals surface area contributed by atoms with Gasteiger partial charge in [-0.2, -0.15) is 0 Å². The van der Waals surface area contributed by atoms with Gasteiger partial charge in [-0.3, -0.25) is 0 Å². The fourth-order valence-corrected chi connectivity index (χ4v) is 6.40. The van der Waals surface area contributed by atoms with Crippen molar-refractivity contribution in [2.24, 2.45) is 0 Å². The average molecular weight is 566 g/mol. The van der Waals surface area contributed by atoms with Crippen LogP contribution in [0.2, 0.25) is 0 Å². The van der Waals surface area contributed by atoms with Gasteiger partial charge in [-0.15, -0.1) is 0 Å². The number of nitrogens with zero attached hydrogens (tertiary/aromatic N) is 1. The largest absolute Gasteiger partial charge is 0.494 e. The highest BCUT2D eigenvalue weighted by Crippen LogP contribution is 2.37. The Kier molecular flexibility index (Phi) is 9.76. The third kappa shape index (κ3) is 6.80. The molecular formula is C32H39NO6S. The molecule has 0 saturated heterocycles. The maximum atomic E-state index is 13.6. The zero-order chi connectivity index (χ0) is 28.7. The summed E-state index contributed by atoms with van der Waals surface area (Å²) in [5, 5.41) is 0.611. The number of fused-ring (bicyclic) bond motifs is 1. The first-order chi connectivity index (χ1) is 19.2. The first kappa shape index (κ1) is 29.5. The molecule has 214 valence electrons. The van der Waals surface area contributed by atoms with Gasteiger partial charge in [-0.25, -0.2) is 8.42 Å². The number of hydrogen-bond donors (Lipinski definition) is 0. The van der Waals surface area contributed by atoms with Crippen molar-refractivity contribution in [3.8, 4) is 17.2 Å². The minimum absolute atomic E-state index is 0.0650. The number of ether oxygens (including phenoxy) is 3. The Morgan fingerprint density at radius 2 is 1.60 bits per heavy atom. The Labute approximate surface area is 237 Å². The van der Waals surface area contributed by atoms with Crippen LogP contribution in [0.1, 0.15) is 43.9 Å². The van der Waals surface area contributed by atoms with Gasteiger partial charge in [0.2, 0.25) is 9.84 Å². The van der Waals surface area contributed by atoms with Gasteiger partial charge in [0.15, 0.2) is 11.5 Å².